The van der Waals surface area contributed by atoms with Crippen molar-refractivity contribution in [1.29, 1.82) is 0 Å². The van der Waals surface area contributed by atoms with E-state index >= 15 is 0 Å². The van der Waals surface area contributed by atoms with Crippen LogP contribution in [0.4, 0.5) is 10.1 Å². The summed E-state index contributed by atoms with van der Waals surface area (Å²) in [4.78, 5) is 0.228. The van der Waals surface area contributed by atoms with Crippen LogP contribution in [0.1, 0.15) is 39.5 Å². The van der Waals surface area contributed by atoms with Crippen LogP contribution >= 0.6 is 0 Å². The molecule has 0 saturated heterocycles. The van der Waals surface area contributed by atoms with Gasteiger partial charge in [-0.25, -0.2) is 25.9 Å². The van der Waals surface area contributed by atoms with Crippen molar-refractivity contribution < 1.29 is 21.2 Å². The van der Waals surface area contributed by atoms with E-state index in [2.05, 4.69) is 10.0 Å². The highest BCUT2D eigenvalue weighted by molar-refractivity contribution is 7.91. The second-order valence-electron chi connectivity index (χ2n) is 8.69. The van der Waals surface area contributed by atoms with Gasteiger partial charge < -0.3 is 5.32 Å². The molecule has 1 saturated carbocycles. The van der Waals surface area contributed by atoms with Crippen LogP contribution < -0.4 is 10.0 Å². The minimum absolute atomic E-state index is 0.0621. The molecular weight excluding hydrogens is 451 g/mol. The molecule has 2 aromatic rings. The molecule has 1 aliphatic carbocycles. The molecule has 2 N–H and O–H groups in total. The molecule has 9 heteroatoms. The van der Waals surface area contributed by atoms with E-state index in [1.54, 1.807) is 38.1 Å². The van der Waals surface area contributed by atoms with E-state index in [-0.39, 0.29) is 9.79 Å². The summed E-state index contributed by atoms with van der Waals surface area (Å²) in [6.45, 7) is 4.64. The Balaban J connectivity index is 1.47. The van der Waals surface area contributed by atoms with Gasteiger partial charge in [-0.2, -0.15) is 0 Å². The molecule has 1 fully saturated rings. The summed E-state index contributed by atoms with van der Waals surface area (Å²) in [5.74, 6) is 0.390. The first kappa shape index (κ1) is 24.7. The zero-order valence-corrected chi connectivity index (χ0v) is 20.1. The molecule has 32 heavy (non-hydrogen) atoms. The van der Waals surface area contributed by atoms with E-state index in [1.165, 1.54) is 12.1 Å². The van der Waals surface area contributed by atoms with E-state index in [1.807, 2.05) is 0 Å². The fourth-order valence-corrected chi connectivity index (χ4v) is 5.87. The van der Waals surface area contributed by atoms with E-state index in [4.69, 9.17) is 0 Å². The summed E-state index contributed by atoms with van der Waals surface area (Å²) < 4.78 is 64.9. The molecule has 0 amide bonds. The molecule has 176 valence electrons. The largest absolute Gasteiger partial charge is 0.385 e. The van der Waals surface area contributed by atoms with Crippen LogP contribution in [-0.2, 0) is 19.9 Å². The lowest BCUT2D eigenvalue weighted by Gasteiger charge is -2.29. The molecule has 0 aromatic heterocycles. The first-order chi connectivity index (χ1) is 15.1. The van der Waals surface area contributed by atoms with E-state index < -0.39 is 30.9 Å². The van der Waals surface area contributed by atoms with Crippen LogP contribution in [0, 0.1) is 17.7 Å². The Morgan fingerprint density at radius 3 is 1.78 bits per heavy atom. The second-order valence-corrected chi connectivity index (χ2v) is 13.0. The Morgan fingerprint density at radius 2 is 1.28 bits per heavy atom. The maximum absolute atomic E-state index is 13.1. The average molecular weight is 483 g/mol. The molecule has 0 radical (unpaired) electrons. The fraction of sp³-hybridized carbons (Fsp3) is 0.478. The highest BCUT2D eigenvalue weighted by Gasteiger charge is 2.24. The first-order valence-corrected chi connectivity index (χ1v) is 13.9. The molecule has 2 aromatic carbocycles. The first-order valence-electron chi connectivity index (χ1n) is 10.9. The third-order valence-corrected chi connectivity index (χ3v) is 9.64. The lowest BCUT2D eigenvalue weighted by atomic mass is 9.82. The number of halogens is 1. The van der Waals surface area contributed by atoms with Crippen molar-refractivity contribution in [1.82, 2.24) is 4.72 Å². The van der Waals surface area contributed by atoms with Gasteiger partial charge in [-0.15, -0.1) is 0 Å². The maximum Gasteiger partial charge on any atom is 0.213 e. The molecule has 1 aliphatic rings. The van der Waals surface area contributed by atoms with Gasteiger partial charge in [0.25, 0.3) is 0 Å². The summed E-state index contributed by atoms with van der Waals surface area (Å²) >= 11 is 0. The van der Waals surface area contributed by atoms with Gasteiger partial charge in [0, 0.05) is 18.8 Å². The van der Waals surface area contributed by atoms with Crippen molar-refractivity contribution in [2.24, 2.45) is 11.8 Å². The normalized spacial score (nSPS) is 19.8. The molecule has 0 atom stereocenters. The number of anilines is 1. The Bertz CT molecular complexity index is 1090. The Kier molecular flexibility index (Phi) is 7.95. The molecule has 0 unspecified atom stereocenters. The van der Waals surface area contributed by atoms with Crippen molar-refractivity contribution in [3.8, 4) is 0 Å². The van der Waals surface area contributed by atoms with Crippen LogP contribution in [0.15, 0.2) is 58.3 Å². The molecule has 0 aliphatic heterocycles. The third kappa shape index (κ3) is 6.30. The number of hydrogen-bond acceptors (Lipinski definition) is 5. The lowest BCUT2D eigenvalue weighted by molar-refractivity contribution is 0.284. The third-order valence-electron chi connectivity index (χ3n) is 6.04. The minimum atomic E-state index is -3.68. The highest BCUT2D eigenvalue weighted by Crippen LogP contribution is 2.29. The van der Waals surface area contributed by atoms with Crippen molar-refractivity contribution in [3.63, 3.8) is 0 Å². The van der Waals surface area contributed by atoms with Gasteiger partial charge in [0.2, 0.25) is 19.9 Å². The zero-order valence-electron chi connectivity index (χ0n) is 18.4. The van der Waals surface area contributed by atoms with Gasteiger partial charge in [-0.3, -0.25) is 0 Å². The molecular formula is C23H31FN2O4S2. The number of rotatable bonds is 9. The maximum atomic E-state index is 13.1. The minimum Gasteiger partial charge on any atom is -0.385 e. The predicted molar refractivity (Wildman–Crippen MR) is 124 cm³/mol. The second kappa shape index (κ2) is 10.3. The van der Waals surface area contributed by atoms with Gasteiger partial charge in [-0.1, -0.05) is 0 Å². The quantitative estimate of drug-likeness (QED) is 0.523. The van der Waals surface area contributed by atoms with Crippen molar-refractivity contribution in [2.75, 3.05) is 18.4 Å². The van der Waals surface area contributed by atoms with Gasteiger partial charge in [0.1, 0.15) is 5.82 Å². The van der Waals surface area contributed by atoms with Gasteiger partial charge in [0.15, 0.2) is 0 Å². The molecule has 3 rings (SSSR count). The van der Waals surface area contributed by atoms with Gasteiger partial charge in [-0.05, 0) is 99.9 Å². The Labute approximate surface area is 190 Å². The van der Waals surface area contributed by atoms with Crippen LogP contribution in [-0.4, -0.2) is 35.2 Å². The molecule has 0 bridgehead atoms. The number of benzene rings is 2. The SMILES string of the molecule is CC(C)S(=O)(=O)NCC1CCC(CNc2ccc(S(=O)(=O)c3ccc(F)cc3)cc2)CC1. The van der Waals surface area contributed by atoms with Crippen molar-refractivity contribution >= 4 is 25.5 Å². The monoisotopic (exact) mass is 482 g/mol. The Morgan fingerprint density at radius 1 is 0.812 bits per heavy atom. The molecule has 0 heterocycles. The van der Waals surface area contributed by atoms with Gasteiger partial charge >= 0.3 is 0 Å². The van der Waals surface area contributed by atoms with Crippen LogP contribution in [0.3, 0.4) is 0 Å². The van der Waals surface area contributed by atoms with Gasteiger partial charge in [0.05, 0.1) is 15.0 Å². The summed E-state index contributed by atoms with van der Waals surface area (Å²) in [6.07, 6.45) is 4.03. The van der Waals surface area contributed by atoms with Crippen molar-refractivity contribution in [2.45, 2.75) is 54.6 Å². The smallest absolute Gasteiger partial charge is 0.213 e. The number of hydrogen-bond donors (Lipinski definition) is 2. The average Bonchev–Trinajstić information content (AvgIpc) is 2.77. The lowest BCUT2D eigenvalue weighted by Crippen LogP contribution is -2.36. The highest BCUT2D eigenvalue weighted by atomic mass is 32.2. The number of nitrogens with one attached hydrogen (secondary N) is 2. The zero-order chi connectivity index (χ0) is 23.4. The topological polar surface area (TPSA) is 92.3 Å². The van der Waals surface area contributed by atoms with Crippen LogP contribution in [0.25, 0.3) is 0 Å². The number of sulfone groups is 1. The summed E-state index contributed by atoms with van der Waals surface area (Å²) in [5, 5.41) is 2.95. The van der Waals surface area contributed by atoms with Crippen LogP contribution in [0.2, 0.25) is 0 Å². The summed E-state index contributed by atoms with van der Waals surface area (Å²) in [6, 6.07) is 11.4. The summed E-state index contributed by atoms with van der Waals surface area (Å²) in [5.41, 5.74) is 0.842. The van der Waals surface area contributed by atoms with E-state index in [9.17, 15) is 21.2 Å². The van der Waals surface area contributed by atoms with Crippen LogP contribution in [0.5, 0.6) is 0 Å². The van der Waals surface area contributed by atoms with Crippen molar-refractivity contribution in [3.05, 3.63) is 54.3 Å². The number of sulfonamides is 1. The standard InChI is InChI=1S/C23H31FN2O4S2/c1-17(2)32(29,30)26-16-19-5-3-18(4-6-19)15-25-21-9-13-23(14-10-21)31(27,28)22-11-7-20(24)8-12-22/h7-14,17-19,25-26H,3-6,15-16H2,1-2H3. The van der Waals surface area contributed by atoms with E-state index in [0.29, 0.717) is 18.4 Å². The predicted octanol–water partition coefficient (Wildman–Crippen LogP) is 4.20. The fourth-order valence-electron chi connectivity index (χ4n) is 3.80. The molecule has 6 nitrogen and oxygen atoms in total. The van der Waals surface area contributed by atoms with E-state index in [0.717, 1.165) is 50.0 Å². The Hall–Kier alpha value is -1.97. The summed E-state index contributed by atoms with van der Waals surface area (Å²) in [7, 11) is -6.89. The molecule has 0 spiro atoms.